The van der Waals surface area contributed by atoms with Gasteiger partial charge in [0.2, 0.25) is 5.95 Å². The van der Waals surface area contributed by atoms with E-state index < -0.39 is 11.6 Å². The second kappa shape index (κ2) is 5.40. The number of nitrogens with zero attached hydrogens (tertiary/aromatic N) is 3. The monoisotopic (exact) mass is 293 g/mol. The van der Waals surface area contributed by atoms with Gasteiger partial charge in [-0.3, -0.25) is 5.10 Å². The Morgan fingerprint density at radius 1 is 1.10 bits per heavy atom. The Labute approximate surface area is 121 Å². The zero-order valence-electron chi connectivity index (χ0n) is 11.9. The number of hydrogen-bond donors (Lipinski definition) is 2. The first-order chi connectivity index (χ1) is 10.0. The van der Waals surface area contributed by atoms with Crippen LogP contribution in [0.4, 0.5) is 14.7 Å². The van der Waals surface area contributed by atoms with E-state index in [9.17, 15) is 8.78 Å². The molecule has 2 heterocycles. The number of rotatable bonds is 2. The Hall–Kier alpha value is -2.02. The predicted octanol–water partition coefficient (Wildman–Crippen LogP) is 1.94. The van der Waals surface area contributed by atoms with Gasteiger partial charge in [0.25, 0.3) is 0 Å². The third kappa shape index (κ3) is 3.02. The number of anilines is 1. The molecule has 5 nitrogen and oxygen atoms in total. The van der Waals surface area contributed by atoms with Crippen molar-refractivity contribution in [3.63, 3.8) is 0 Å². The predicted molar refractivity (Wildman–Crippen MR) is 76.0 cm³/mol. The average molecular weight is 293 g/mol. The molecule has 2 aromatic rings. The largest absolute Gasteiger partial charge is 0.336 e. The Bertz CT molecular complexity index is 612. The summed E-state index contributed by atoms with van der Waals surface area (Å²) < 4.78 is 26.5. The summed E-state index contributed by atoms with van der Waals surface area (Å²) in [5.41, 5.74) is 0.350. The number of aromatic nitrogens is 3. The van der Waals surface area contributed by atoms with E-state index in [1.807, 2.05) is 0 Å². The first-order valence-electron chi connectivity index (χ1n) is 6.91. The van der Waals surface area contributed by atoms with Gasteiger partial charge in [-0.15, -0.1) is 5.10 Å². The molecule has 1 aromatic heterocycles. The van der Waals surface area contributed by atoms with Gasteiger partial charge >= 0.3 is 0 Å². The molecule has 1 fully saturated rings. The highest BCUT2D eigenvalue weighted by Crippen LogP contribution is 2.21. The molecule has 2 atom stereocenters. The topological polar surface area (TPSA) is 56.8 Å². The molecule has 2 N–H and O–H groups in total. The molecular formula is C14H17F2N5. The number of aromatic amines is 1. The van der Waals surface area contributed by atoms with Gasteiger partial charge < -0.3 is 10.2 Å². The van der Waals surface area contributed by atoms with Crippen molar-refractivity contribution in [2.75, 3.05) is 18.0 Å². The fourth-order valence-corrected chi connectivity index (χ4v) is 2.70. The molecule has 1 aliphatic rings. The molecule has 2 unspecified atom stereocenters. The lowest BCUT2D eigenvalue weighted by atomic mass is 10.1. The van der Waals surface area contributed by atoms with Gasteiger partial charge in [0, 0.05) is 36.8 Å². The summed E-state index contributed by atoms with van der Waals surface area (Å²) in [5, 5.41) is 10.3. The van der Waals surface area contributed by atoms with Crippen molar-refractivity contribution < 1.29 is 8.78 Å². The van der Waals surface area contributed by atoms with Crippen LogP contribution < -0.4 is 10.2 Å². The second-order valence-corrected chi connectivity index (χ2v) is 5.52. The number of nitrogens with one attached hydrogen (secondary N) is 2. The minimum absolute atomic E-state index is 0.335. The highest BCUT2D eigenvalue weighted by atomic mass is 19.1. The SMILES string of the molecule is CC1CN(c2n[nH]c(-c3cc(F)cc(F)c3)n2)CC(C)N1. The Morgan fingerprint density at radius 3 is 2.33 bits per heavy atom. The first-order valence-corrected chi connectivity index (χ1v) is 6.91. The highest BCUT2D eigenvalue weighted by molar-refractivity contribution is 5.56. The zero-order chi connectivity index (χ0) is 15.0. The van der Waals surface area contributed by atoms with E-state index in [2.05, 4.69) is 39.2 Å². The van der Waals surface area contributed by atoms with E-state index in [1.54, 1.807) is 0 Å². The third-order valence-electron chi connectivity index (χ3n) is 3.45. The van der Waals surface area contributed by atoms with Gasteiger partial charge in [-0.05, 0) is 26.0 Å². The number of halogens is 2. The summed E-state index contributed by atoms with van der Waals surface area (Å²) in [6.07, 6.45) is 0. The molecule has 0 spiro atoms. The number of piperazine rings is 1. The van der Waals surface area contributed by atoms with Crippen molar-refractivity contribution in [3.05, 3.63) is 29.8 Å². The summed E-state index contributed by atoms with van der Waals surface area (Å²) in [6.45, 7) is 5.77. The molecule has 7 heteroatoms. The molecule has 1 aliphatic heterocycles. The minimum Gasteiger partial charge on any atom is -0.336 e. The van der Waals surface area contributed by atoms with Gasteiger partial charge in [0.1, 0.15) is 11.6 Å². The van der Waals surface area contributed by atoms with Gasteiger partial charge in [0.15, 0.2) is 5.82 Å². The van der Waals surface area contributed by atoms with Gasteiger partial charge in [-0.25, -0.2) is 8.78 Å². The maximum Gasteiger partial charge on any atom is 0.245 e. The summed E-state index contributed by atoms with van der Waals surface area (Å²) in [6, 6.07) is 3.97. The highest BCUT2D eigenvalue weighted by Gasteiger charge is 2.24. The van der Waals surface area contributed by atoms with Crippen molar-refractivity contribution in [2.45, 2.75) is 25.9 Å². The average Bonchev–Trinajstić information content (AvgIpc) is 2.85. The maximum atomic E-state index is 13.3. The van der Waals surface area contributed by atoms with E-state index in [1.165, 1.54) is 12.1 Å². The molecule has 0 amide bonds. The van der Waals surface area contributed by atoms with Crippen LogP contribution in [0, 0.1) is 11.6 Å². The van der Waals surface area contributed by atoms with Crippen LogP contribution in [0.3, 0.4) is 0 Å². The fraction of sp³-hybridized carbons (Fsp3) is 0.429. The smallest absolute Gasteiger partial charge is 0.245 e. The van der Waals surface area contributed by atoms with Crippen LogP contribution >= 0.6 is 0 Å². The lowest BCUT2D eigenvalue weighted by Crippen LogP contribution is -2.54. The number of H-pyrrole nitrogens is 1. The number of benzene rings is 1. The summed E-state index contributed by atoms with van der Waals surface area (Å²) in [4.78, 5) is 6.41. The van der Waals surface area contributed by atoms with Crippen LogP contribution in [0.1, 0.15) is 13.8 Å². The molecule has 21 heavy (non-hydrogen) atoms. The molecule has 0 bridgehead atoms. The van der Waals surface area contributed by atoms with Crippen molar-refractivity contribution in [3.8, 4) is 11.4 Å². The third-order valence-corrected chi connectivity index (χ3v) is 3.45. The minimum atomic E-state index is -0.632. The van der Waals surface area contributed by atoms with Crippen molar-refractivity contribution in [1.29, 1.82) is 0 Å². The van der Waals surface area contributed by atoms with Crippen LogP contribution in [0.25, 0.3) is 11.4 Å². The van der Waals surface area contributed by atoms with Gasteiger partial charge in [-0.1, -0.05) is 0 Å². The van der Waals surface area contributed by atoms with Crippen LogP contribution in [-0.4, -0.2) is 40.4 Å². The van der Waals surface area contributed by atoms with Crippen LogP contribution in [0.15, 0.2) is 18.2 Å². The van der Waals surface area contributed by atoms with E-state index >= 15 is 0 Å². The van der Waals surface area contributed by atoms with E-state index in [-0.39, 0.29) is 0 Å². The molecule has 0 saturated carbocycles. The molecule has 0 aliphatic carbocycles. The van der Waals surface area contributed by atoms with Gasteiger partial charge in [-0.2, -0.15) is 4.98 Å². The first kappa shape index (κ1) is 13.9. The lowest BCUT2D eigenvalue weighted by molar-refractivity contribution is 0.403. The molecule has 1 aromatic carbocycles. The quantitative estimate of drug-likeness (QED) is 0.888. The Morgan fingerprint density at radius 2 is 1.71 bits per heavy atom. The lowest BCUT2D eigenvalue weighted by Gasteiger charge is -2.35. The molecular weight excluding hydrogens is 276 g/mol. The summed E-state index contributed by atoms with van der Waals surface area (Å²) in [7, 11) is 0. The molecule has 112 valence electrons. The van der Waals surface area contributed by atoms with Crippen molar-refractivity contribution >= 4 is 5.95 Å². The second-order valence-electron chi connectivity index (χ2n) is 5.52. The number of hydrogen-bond acceptors (Lipinski definition) is 4. The fourth-order valence-electron chi connectivity index (χ4n) is 2.70. The standard InChI is InChI=1S/C14H17F2N5/c1-8-6-21(7-9(2)17-8)14-18-13(19-20-14)10-3-11(15)5-12(16)4-10/h3-5,8-9,17H,6-7H2,1-2H3,(H,18,19,20). The maximum absolute atomic E-state index is 13.3. The molecule has 0 radical (unpaired) electrons. The van der Waals surface area contributed by atoms with Crippen molar-refractivity contribution in [2.24, 2.45) is 0 Å². The molecule has 1 saturated heterocycles. The van der Waals surface area contributed by atoms with Crippen LogP contribution in [-0.2, 0) is 0 Å². The van der Waals surface area contributed by atoms with E-state index in [4.69, 9.17) is 0 Å². The van der Waals surface area contributed by atoms with E-state index in [0.717, 1.165) is 19.2 Å². The molecule has 3 rings (SSSR count). The Kier molecular flexibility index (Phi) is 3.59. The normalized spacial score (nSPS) is 22.6. The Balaban J connectivity index is 1.86. The van der Waals surface area contributed by atoms with Gasteiger partial charge in [0.05, 0.1) is 0 Å². The zero-order valence-corrected chi connectivity index (χ0v) is 11.9. The van der Waals surface area contributed by atoms with Crippen molar-refractivity contribution in [1.82, 2.24) is 20.5 Å². The summed E-state index contributed by atoms with van der Waals surface area (Å²) >= 11 is 0. The van der Waals surface area contributed by atoms with Crippen LogP contribution in [0.2, 0.25) is 0 Å². The van der Waals surface area contributed by atoms with E-state index in [0.29, 0.717) is 29.4 Å². The van der Waals surface area contributed by atoms with Crippen LogP contribution in [0.5, 0.6) is 0 Å². The summed E-state index contributed by atoms with van der Waals surface area (Å²) in [5.74, 6) is -0.350.